The first-order valence-electron chi connectivity index (χ1n) is 8.14. The van der Waals surface area contributed by atoms with E-state index in [2.05, 4.69) is 17.9 Å². The van der Waals surface area contributed by atoms with Crippen molar-refractivity contribution in [2.45, 2.75) is 43.5 Å². The van der Waals surface area contributed by atoms with E-state index in [-0.39, 0.29) is 5.91 Å². The number of carbonyl (C=O) groups is 3. The van der Waals surface area contributed by atoms with Crippen LogP contribution in [0.2, 0.25) is 0 Å². The van der Waals surface area contributed by atoms with Crippen LogP contribution in [0.4, 0.5) is 0 Å². The van der Waals surface area contributed by atoms with Crippen molar-refractivity contribution in [3.63, 3.8) is 0 Å². The van der Waals surface area contributed by atoms with Crippen molar-refractivity contribution in [1.82, 2.24) is 10.2 Å². The minimum Gasteiger partial charge on any atom is -0.480 e. The first-order chi connectivity index (χ1) is 11.9. The molecule has 1 aliphatic rings. The zero-order chi connectivity index (χ0) is 18.4. The molecule has 0 unspecified atom stereocenters. The number of rotatable bonds is 6. The van der Waals surface area contributed by atoms with Gasteiger partial charge in [0, 0.05) is 6.20 Å². The second kappa shape index (κ2) is 8.71. The van der Waals surface area contributed by atoms with Crippen LogP contribution in [0.3, 0.4) is 0 Å². The van der Waals surface area contributed by atoms with Crippen molar-refractivity contribution in [3.05, 3.63) is 48.2 Å². The third kappa shape index (κ3) is 5.09. The van der Waals surface area contributed by atoms with Gasteiger partial charge < -0.3 is 15.3 Å². The summed E-state index contributed by atoms with van der Waals surface area (Å²) in [6.07, 6.45) is 4.68. The highest BCUT2D eigenvalue weighted by Gasteiger charge is 2.32. The van der Waals surface area contributed by atoms with Gasteiger partial charge in [-0.05, 0) is 31.7 Å². The summed E-state index contributed by atoms with van der Waals surface area (Å²) < 4.78 is 0. The van der Waals surface area contributed by atoms with Gasteiger partial charge in [0.15, 0.2) is 0 Å². The van der Waals surface area contributed by atoms with E-state index < -0.39 is 29.2 Å². The van der Waals surface area contributed by atoms with Gasteiger partial charge in [-0.15, -0.1) is 0 Å². The van der Waals surface area contributed by atoms with E-state index in [1.54, 1.807) is 6.08 Å². The van der Waals surface area contributed by atoms with Crippen molar-refractivity contribution >= 4 is 30.4 Å². The lowest BCUT2D eigenvalue weighted by atomic mass is 10.1. The van der Waals surface area contributed by atoms with Crippen LogP contribution in [0, 0.1) is 0 Å². The van der Waals surface area contributed by atoms with Crippen molar-refractivity contribution in [2.24, 2.45) is 0 Å². The number of carbonyl (C=O) groups excluding carboxylic acids is 2. The number of nitrogens with one attached hydrogen (secondary N) is 1. The maximum atomic E-state index is 12.6. The van der Waals surface area contributed by atoms with Crippen molar-refractivity contribution in [2.75, 3.05) is 0 Å². The summed E-state index contributed by atoms with van der Waals surface area (Å²) >= 11 is 4.34. The largest absolute Gasteiger partial charge is 0.480 e. The number of hydrogen-bond donors (Lipinski definition) is 3. The standard InChI is InChI=1S/C18H22N2O4S/c1-12(18(23)24)20-10-6-5-9-14(17(20)22)19-16(21)15(25)11-13-7-3-2-4-8-13/h2-4,6-8,10,12,14-15,25H,5,9,11H2,1H3,(H,19,21)(H,23,24)/t12-,14+,15+/m0/s1. The average molecular weight is 362 g/mol. The maximum absolute atomic E-state index is 12.6. The molecule has 0 aromatic heterocycles. The zero-order valence-corrected chi connectivity index (χ0v) is 14.9. The Morgan fingerprint density at radius 2 is 2.04 bits per heavy atom. The Balaban J connectivity index is 2.01. The van der Waals surface area contributed by atoms with Crippen LogP contribution in [0.5, 0.6) is 0 Å². The predicted molar refractivity (Wildman–Crippen MR) is 97.2 cm³/mol. The number of carboxylic acids is 1. The van der Waals surface area contributed by atoms with Gasteiger partial charge in [0.2, 0.25) is 11.8 Å². The Bertz CT molecular complexity index is 662. The van der Waals surface area contributed by atoms with Gasteiger partial charge in [-0.2, -0.15) is 12.6 Å². The summed E-state index contributed by atoms with van der Waals surface area (Å²) in [6.45, 7) is 1.44. The van der Waals surface area contributed by atoms with Gasteiger partial charge in [0.05, 0.1) is 5.25 Å². The number of thiol groups is 1. The Kier molecular flexibility index (Phi) is 6.64. The number of nitrogens with zero attached hydrogens (tertiary/aromatic N) is 1. The van der Waals surface area contributed by atoms with Crippen molar-refractivity contribution in [1.29, 1.82) is 0 Å². The van der Waals surface area contributed by atoms with Crippen LogP contribution in [0.1, 0.15) is 25.3 Å². The minimum absolute atomic E-state index is 0.338. The molecule has 1 heterocycles. The molecule has 1 aromatic rings. The Morgan fingerprint density at radius 1 is 1.36 bits per heavy atom. The second-order valence-corrected chi connectivity index (χ2v) is 6.61. The number of benzene rings is 1. The third-order valence-corrected chi connectivity index (χ3v) is 4.52. The molecule has 6 nitrogen and oxygen atoms in total. The molecule has 0 bridgehead atoms. The van der Waals surface area contributed by atoms with E-state index in [0.717, 1.165) is 10.5 Å². The molecule has 25 heavy (non-hydrogen) atoms. The van der Waals surface area contributed by atoms with Crippen LogP contribution in [0.25, 0.3) is 0 Å². The summed E-state index contributed by atoms with van der Waals surface area (Å²) in [5.41, 5.74) is 0.979. The van der Waals surface area contributed by atoms with Crippen molar-refractivity contribution in [3.8, 4) is 0 Å². The third-order valence-electron chi connectivity index (χ3n) is 4.11. The van der Waals surface area contributed by atoms with E-state index in [1.165, 1.54) is 13.1 Å². The van der Waals surface area contributed by atoms with Crippen LogP contribution in [0.15, 0.2) is 42.6 Å². The Labute approximate surface area is 152 Å². The molecule has 0 spiro atoms. The lowest BCUT2D eigenvalue weighted by Crippen LogP contribution is -2.51. The van der Waals surface area contributed by atoms with Crippen LogP contribution in [-0.4, -0.2) is 45.1 Å². The molecule has 0 saturated carbocycles. The predicted octanol–water partition coefficient (Wildman–Crippen LogP) is 1.62. The highest BCUT2D eigenvalue weighted by molar-refractivity contribution is 7.81. The molecule has 1 aliphatic heterocycles. The number of allylic oxidation sites excluding steroid dienone is 1. The minimum atomic E-state index is -1.10. The Morgan fingerprint density at radius 3 is 2.68 bits per heavy atom. The van der Waals surface area contributed by atoms with Crippen LogP contribution >= 0.6 is 12.6 Å². The monoisotopic (exact) mass is 362 g/mol. The molecule has 134 valence electrons. The fourth-order valence-corrected chi connectivity index (χ4v) is 2.88. The van der Waals surface area contributed by atoms with Crippen LogP contribution < -0.4 is 5.32 Å². The first-order valence-corrected chi connectivity index (χ1v) is 8.65. The highest BCUT2D eigenvalue weighted by atomic mass is 32.1. The normalized spacial score (nSPS) is 19.8. The summed E-state index contributed by atoms with van der Waals surface area (Å²) in [6, 6.07) is 7.75. The Hall–Kier alpha value is -2.28. The van der Waals surface area contributed by atoms with Gasteiger partial charge in [-0.25, -0.2) is 4.79 Å². The molecule has 1 aromatic carbocycles. The van der Waals surface area contributed by atoms with Gasteiger partial charge in [0.25, 0.3) is 0 Å². The molecule has 2 rings (SSSR count). The van der Waals surface area contributed by atoms with E-state index in [0.29, 0.717) is 19.3 Å². The zero-order valence-electron chi connectivity index (χ0n) is 14.0. The number of hydrogen-bond acceptors (Lipinski definition) is 4. The topological polar surface area (TPSA) is 86.7 Å². The molecule has 0 radical (unpaired) electrons. The van der Waals surface area contributed by atoms with Gasteiger partial charge in [0.1, 0.15) is 12.1 Å². The fourth-order valence-electron chi connectivity index (χ4n) is 2.60. The average Bonchev–Trinajstić information content (AvgIpc) is 2.77. The molecule has 0 saturated heterocycles. The van der Waals surface area contributed by atoms with E-state index in [9.17, 15) is 14.4 Å². The van der Waals surface area contributed by atoms with Crippen LogP contribution in [-0.2, 0) is 20.8 Å². The molecule has 2 amide bonds. The molecule has 7 heteroatoms. The molecule has 2 N–H and O–H groups in total. The van der Waals surface area contributed by atoms with Crippen molar-refractivity contribution < 1.29 is 19.5 Å². The molecule has 0 aliphatic carbocycles. The SMILES string of the molecule is C[C@@H](C(=O)O)N1C=CCC[C@@H](NC(=O)[C@H](S)Cc2ccccc2)C1=O. The number of aliphatic carboxylic acids is 1. The summed E-state index contributed by atoms with van der Waals surface area (Å²) in [7, 11) is 0. The lowest BCUT2D eigenvalue weighted by molar-refractivity contribution is -0.148. The van der Waals surface area contributed by atoms with E-state index in [1.807, 2.05) is 30.3 Å². The quantitative estimate of drug-likeness (QED) is 0.671. The lowest BCUT2D eigenvalue weighted by Gasteiger charge is -2.26. The molecular formula is C18H22N2O4S. The fraction of sp³-hybridized carbons (Fsp3) is 0.389. The van der Waals surface area contributed by atoms with Gasteiger partial charge in [-0.3, -0.25) is 9.59 Å². The van der Waals surface area contributed by atoms with E-state index >= 15 is 0 Å². The summed E-state index contributed by atoms with van der Waals surface area (Å²) in [4.78, 5) is 37.3. The van der Waals surface area contributed by atoms with E-state index in [4.69, 9.17) is 5.11 Å². The van der Waals surface area contributed by atoms with Gasteiger partial charge in [-0.1, -0.05) is 36.4 Å². The number of amides is 2. The molecular weight excluding hydrogens is 340 g/mol. The number of carboxylic acid groups (broad SMARTS) is 1. The van der Waals surface area contributed by atoms with Gasteiger partial charge >= 0.3 is 5.97 Å². The first kappa shape index (κ1) is 19.1. The maximum Gasteiger partial charge on any atom is 0.326 e. The molecule has 3 atom stereocenters. The second-order valence-electron chi connectivity index (χ2n) is 5.99. The summed E-state index contributed by atoms with van der Waals surface area (Å²) in [5, 5.41) is 11.3. The molecule has 0 fully saturated rings. The summed E-state index contributed by atoms with van der Waals surface area (Å²) in [5.74, 6) is -1.85. The smallest absolute Gasteiger partial charge is 0.326 e. The highest BCUT2D eigenvalue weighted by Crippen LogP contribution is 2.15.